The van der Waals surface area contributed by atoms with Crippen molar-refractivity contribution >= 4 is 45.7 Å². The summed E-state index contributed by atoms with van der Waals surface area (Å²) in [5.74, 6) is -0.884. The zero-order chi connectivity index (χ0) is 34.2. The number of halogens is 1. The molecule has 5 heterocycles. The molecule has 252 valence electrons. The fraction of sp³-hybridized carbons (Fsp3) is 0.342. The first kappa shape index (κ1) is 33.3. The van der Waals surface area contributed by atoms with Gasteiger partial charge in [-0.05, 0) is 67.9 Å². The van der Waals surface area contributed by atoms with Crippen molar-refractivity contribution in [3.63, 3.8) is 0 Å². The quantitative estimate of drug-likeness (QED) is 0.173. The third kappa shape index (κ3) is 6.83. The molecular formula is C38H39ClN6O3S. The minimum Gasteiger partial charge on any atom is -0.481 e. The number of carbonyl (C=O) groups is 2. The van der Waals surface area contributed by atoms with E-state index in [4.69, 9.17) is 26.6 Å². The normalized spacial score (nSPS) is 16.2. The van der Waals surface area contributed by atoms with Crippen LogP contribution in [0.5, 0.6) is 0 Å². The summed E-state index contributed by atoms with van der Waals surface area (Å²) in [6.07, 6.45) is 4.91. The van der Waals surface area contributed by atoms with Gasteiger partial charge in [0.1, 0.15) is 5.01 Å². The summed E-state index contributed by atoms with van der Waals surface area (Å²) in [5, 5.41) is 12.0. The van der Waals surface area contributed by atoms with E-state index in [1.165, 1.54) is 0 Å². The van der Waals surface area contributed by atoms with E-state index < -0.39 is 5.97 Å². The summed E-state index contributed by atoms with van der Waals surface area (Å²) in [4.78, 5) is 45.9. The maximum atomic E-state index is 12.8. The van der Waals surface area contributed by atoms with Crippen molar-refractivity contribution in [1.29, 1.82) is 0 Å². The fourth-order valence-corrected chi connectivity index (χ4v) is 8.32. The topological polar surface area (TPSA) is 103 Å². The Kier molecular flexibility index (Phi) is 9.48. The van der Waals surface area contributed by atoms with Crippen LogP contribution in [0.4, 0.5) is 0 Å². The molecule has 1 N–H and O–H groups in total. The molecule has 2 aromatic carbocycles. The largest absolute Gasteiger partial charge is 0.481 e. The number of aromatic nitrogens is 3. The van der Waals surface area contributed by atoms with Crippen molar-refractivity contribution in [2.24, 2.45) is 5.92 Å². The number of carboxylic acids is 1. The second-order valence-corrected chi connectivity index (χ2v) is 14.6. The number of likely N-dealkylation sites (N-methyl/N-ethyl adjacent to an activating group) is 1. The standard InChI is InChI=1S/C38H39ClN6O3S/c1-4-43(3)22-34(46)45-20-32-33(21-45)49-37(42-32)29-9-6-8-28(23(29)2)30-10-5-7-25(35(30)39)16-31-36-26(11-13-40-31)15-24(17-41-36)18-44-14-12-27(19-44)38(47)48/h5-11,13,15,17,27H,4,12,14,16,18-22H2,1-3H3,(H,47,48)/t27-/m1/s1. The number of hydrogen-bond donors (Lipinski definition) is 1. The van der Waals surface area contributed by atoms with Crippen LogP contribution in [-0.2, 0) is 35.6 Å². The first-order chi connectivity index (χ1) is 23.7. The second kappa shape index (κ2) is 14.0. The predicted molar refractivity (Wildman–Crippen MR) is 194 cm³/mol. The molecule has 1 atom stereocenters. The molecule has 9 nitrogen and oxygen atoms in total. The highest BCUT2D eigenvalue weighted by Gasteiger charge is 2.29. The molecule has 11 heteroatoms. The van der Waals surface area contributed by atoms with E-state index in [0.29, 0.717) is 50.6 Å². The maximum Gasteiger partial charge on any atom is 0.307 e. The van der Waals surface area contributed by atoms with Gasteiger partial charge in [0.2, 0.25) is 5.91 Å². The Hall–Kier alpha value is -4.22. The van der Waals surface area contributed by atoms with Gasteiger partial charge in [-0.15, -0.1) is 11.3 Å². The molecule has 1 amide bonds. The van der Waals surface area contributed by atoms with Crippen LogP contribution in [0.25, 0.3) is 32.6 Å². The Balaban J connectivity index is 1.10. The van der Waals surface area contributed by atoms with Crippen molar-refractivity contribution in [1.82, 2.24) is 29.7 Å². The van der Waals surface area contributed by atoms with Gasteiger partial charge in [-0.1, -0.05) is 54.9 Å². The smallest absolute Gasteiger partial charge is 0.307 e. The van der Waals surface area contributed by atoms with Gasteiger partial charge in [0.15, 0.2) is 0 Å². The van der Waals surface area contributed by atoms with Gasteiger partial charge >= 0.3 is 5.97 Å². The van der Waals surface area contributed by atoms with Crippen molar-refractivity contribution < 1.29 is 14.7 Å². The molecule has 0 bridgehead atoms. The monoisotopic (exact) mass is 694 g/mol. The van der Waals surface area contributed by atoms with Crippen LogP contribution < -0.4 is 0 Å². The van der Waals surface area contributed by atoms with E-state index in [2.05, 4.69) is 49.1 Å². The molecule has 7 rings (SSSR count). The van der Waals surface area contributed by atoms with Crippen LogP contribution in [0.1, 0.15) is 46.3 Å². The van der Waals surface area contributed by atoms with Gasteiger partial charge in [0.25, 0.3) is 0 Å². The molecule has 1 fully saturated rings. The Morgan fingerprint density at radius 1 is 1.08 bits per heavy atom. The van der Waals surface area contributed by atoms with E-state index in [-0.39, 0.29) is 11.8 Å². The van der Waals surface area contributed by atoms with Crippen LogP contribution in [0, 0.1) is 12.8 Å². The van der Waals surface area contributed by atoms with Gasteiger partial charge in [-0.2, -0.15) is 0 Å². The summed E-state index contributed by atoms with van der Waals surface area (Å²) in [6.45, 7) is 8.61. The number of carbonyl (C=O) groups excluding carboxylic acids is 1. The van der Waals surface area contributed by atoms with E-state index in [0.717, 1.165) is 78.6 Å². The molecule has 3 aromatic heterocycles. The van der Waals surface area contributed by atoms with E-state index in [1.54, 1.807) is 11.3 Å². The summed E-state index contributed by atoms with van der Waals surface area (Å²) in [6, 6.07) is 16.5. The number of hydrogen-bond acceptors (Lipinski definition) is 8. The number of aliphatic carboxylic acids is 1. The van der Waals surface area contributed by atoms with Crippen LogP contribution in [0.15, 0.2) is 60.9 Å². The number of rotatable bonds is 10. The number of pyridine rings is 2. The molecule has 49 heavy (non-hydrogen) atoms. The molecule has 0 unspecified atom stereocenters. The van der Waals surface area contributed by atoms with Crippen molar-refractivity contribution in [3.05, 3.63) is 98.9 Å². The highest BCUT2D eigenvalue weighted by Crippen LogP contribution is 2.40. The minimum absolute atomic E-state index is 0.137. The highest BCUT2D eigenvalue weighted by molar-refractivity contribution is 7.15. The van der Waals surface area contributed by atoms with Gasteiger partial charge in [0.05, 0.1) is 47.5 Å². The number of carboxylic acid groups (broad SMARTS) is 1. The summed E-state index contributed by atoms with van der Waals surface area (Å²) in [7, 11) is 1.96. The van der Waals surface area contributed by atoms with E-state index in [1.807, 2.05) is 47.4 Å². The van der Waals surface area contributed by atoms with Crippen molar-refractivity contribution in [2.45, 2.75) is 46.3 Å². The maximum absolute atomic E-state index is 12.8. The van der Waals surface area contributed by atoms with E-state index in [9.17, 15) is 14.7 Å². The minimum atomic E-state index is -0.721. The van der Waals surface area contributed by atoms with Gasteiger partial charge in [-0.25, -0.2) is 4.98 Å². The molecule has 2 aliphatic heterocycles. The van der Waals surface area contributed by atoms with Crippen LogP contribution in [-0.4, -0.2) is 79.9 Å². The first-order valence-electron chi connectivity index (χ1n) is 16.7. The second-order valence-electron chi connectivity index (χ2n) is 13.1. The first-order valence-corrected chi connectivity index (χ1v) is 17.9. The number of nitrogens with zero attached hydrogens (tertiary/aromatic N) is 6. The number of likely N-dealkylation sites (tertiary alicyclic amines) is 1. The number of fused-ring (bicyclic) bond motifs is 2. The lowest BCUT2D eigenvalue weighted by Crippen LogP contribution is -2.35. The van der Waals surface area contributed by atoms with Crippen LogP contribution in [0.2, 0.25) is 5.02 Å². The molecular weight excluding hydrogens is 656 g/mol. The molecule has 0 radical (unpaired) electrons. The zero-order valence-electron chi connectivity index (χ0n) is 27.9. The lowest BCUT2D eigenvalue weighted by Gasteiger charge is -2.20. The Bertz CT molecular complexity index is 2040. The molecule has 0 aliphatic carbocycles. The molecule has 0 saturated carbocycles. The zero-order valence-corrected chi connectivity index (χ0v) is 29.5. The molecule has 2 aliphatic rings. The molecule has 5 aromatic rings. The number of thiazole rings is 1. The Morgan fingerprint density at radius 2 is 1.88 bits per heavy atom. The Labute approximate surface area is 295 Å². The van der Waals surface area contributed by atoms with Crippen LogP contribution >= 0.6 is 22.9 Å². The Morgan fingerprint density at radius 3 is 2.65 bits per heavy atom. The third-order valence-electron chi connectivity index (χ3n) is 9.80. The third-order valence-corrected chi connectivity index (χ3v) is 11.4. The SMILES string of the molecule is CCN(C)CC(=O)N1Cc2nc(-c3cccc(-c4cccc(Cc5nccc6cc(CN7CC[C@@H](C(=O)O)C7)cnc56)c4Cl)c3C)sc2C1. The van der Waals surface area contributed by atoms with Crippen molar-refractivity contribution in [2.75, 3.05) is 33.2 Å². The average molecular weight is 695 g/mol. The van der Waals surface area contributed by atoms with Gasteiger partial charge < -0.3 is 10.0 Å². The fourth-order valence-electron chi connectivity index (χ4n) is 6.85. The van der Waals surface area contributed by atoms with Gasteiger partial charge in [0, 0.05) is 53.3 Å². The summed E-state index contributed by atoms with van der Waals surface area (Å²) >= 11 is 8.84. The van der Waals surface area contributed by atoms with Gasteiger partial charge in [-0.3, -0.25) is 29.4 Å². The van der Waals surface area contributed by atoms with E-state index >= 15 is 0 Å². The van der Waals surface area contributed by atoms with Crippen molar-refractivity contribution in [3.8, 4) is 21.7 Å². The number of amides is 1. The highest BCUT2D eigenvalue weighted by atomic mass is 35.5. The predicted octanol–water partition coefficient (Wildman–Crippen LogP) is 6.67. The molecule has 0 spiro atoms. The summed E-state index contributed by atoms with van der Waals surface area (Å²) < 4.78 is 0. The number of benzene rings is 2. The lowest BCUT2D eigenvalue weighted by atomic mass is 9.94. The van der Waals surface area contributed by atoms with Crippen LogP contribution in [0.3, 0.4) is 0 Å². The average Bonchev–Trinajstić information content (AvgIpc) is 3.82. The lowest BCUT2D eigenvalue weighted by molar-refractivity contribution is -0.141. The summed E-state index contributed by atoms with van der Waals surface area (Å²) in [5.41, 5.74) is 8.91. The molecule has 1 saturated heterocycles.